The van der Waals surface area contributed by atoms with Crippen LogP contribution in [-0.2, 0) is 11.2 Å². The first-order valence-corrected chi connectivity index (χ1v) is 7.71. The molecule has 1 aromatic heterocycles. The van der Waals surface area contributed by atoms with E-state index in [1.54, 1.807) is 19.1 Å². The number of carbonyl (C=O) groups is 1. The Kier molecular flexibility index (Phi) is 4.50. The quantitative estimate of drug-likeness (QED) is 0.825. The zero-order valence-corrected chi connectivity index (χ0v) is 14.1. The molecule has 2 aromatic rings. The molecule has 0 saturated carbocycles. The number of benzene rings is 1. The number of methoxy groups -OCH3 is 2. The van der Waals surface area contributed by atoms with Crippen LogP contribution in [0.25, 0.3) is 0 Å². The summed E-state index contributed by atoms with van der Waals surface area (Å²) < 4.78 is 21.3. The van der Waals surface area contributed by atoms with E-state index in [1.165, 1.54) is 26.5 Å². The van der Waals surface area contributed by atoms with Gasteiger partial charge < -0.3 is 23.7 Å². The van der Waals surface area contributed by atoms with Crippen molar-refractivity contribution < 1.29 is 28.5 Å². The second-order valence-corrected chi connectivity index (χ2v) is 5.80. The Morgan fingerprint density at radius 3 is 2.56 bits per heavy atom. The summed E-state index contributed by atoms with van der Waals surface area (Å²) in [6, 6.07) is 4.46. The van der Waals surface area contributed by atoms with Gasteiger partial charge in [-0.2, -0.15) is 0 Å². The van der Waals surface area contributed by atoms with Crippen molar-refractivity contribution in [3.63, 3.8) is 0 Å². The molecule has 132 valence electrons. The molecule has 0 amide bonds. The third-order valence-corrected chi connectivity index (χ3v) is 3.97. The van der Waals surface area contributed by atoms with Gasteiger partial charge in [0.1, 0.15) is 23.5 Å². The summed E-state index contributed by atoms with van der Waals surface area (Å²) in [6.45, 7) is 1.60. The Morgan fingerprint density at radius 2 is 1.96 bits per heavy atom. The molecule has 1 N–H and O–H groups in total. The molecule has 0 unspecified atom stereocenters. The van der Waals surface area contributed by atoms with Gasteiger partial charge in [-0.25, -0.2) is 4.79 Å². The predicted octanol–water partition coefficient (Wildman–Crippen LogP) is 1.84. The average molecular weight is 346 g/mol. The van der Waals surface area contributed by atoms with E-state index < -0.39 is 18.2 Å². The summed E-state index contributed by atoms with van der Waals surface area (Å²) in [5.74, 6) is 0.629. The van der Waals surface area contributed by atoms with Crippen LogP contribution >= 0.6 is 0 Å². The van der Waals surface area contributed by atoms with Gasteiger partial charge in [0.2, 0.25) is 0 Å². The maximum atomic E-state index is 12.4. The highest BCUT2D eigenvalue weighted by molar-refractivity contribution is 5.96. The Bertz CT molecular complexity index is 866. The van der Waals surface area contributed by atoms with Crippen LogP contribution in [0, 0.1) is 0 Å². The Balaban J connectivity index is 2.07. The molecule has 0 radical (unpaired) electrons. The van der Waals surface area contributed by atoms with Crippen LogP contribution < -0.4 is 14.9 Å². The number of carbonyl (C=O) groups excluding carboxylic acids is 1. The highest BCUT2D eigenvalue weighted by atomic mass is 16.6. The molecular formula is C18H18O7. The van der Waals surface area contributed by atoms with Crippen molar-refractivity contribution in [2.24, 2.45) is 0 Å². The number of hydrogen-bond donors (Lipinski definition) is 1. The summed E-state index contributed by atoms with van der Waals surface area (Å²) in [7, 11) is 2.94. The molecule has 1 aliphatic heterocycles. The largest absolute Gasteiger partial charge is 0.497 e. The van der Waals surface area contributed by atoms with Crippen molar-refractivity contribution in [1.82, 2.24) is 0 Å². The smallest absolute Gasteiger partial charge is 0.339 e. The van der Waals surface area contributed by atoms with E-state index in [9.17, 15) is 14.7 Å². The molecule has 0 fully saturated rings. The van der Waals surface area contributed by atoms with Gasteiger partial charge in [0.25, 0.3) is 0 Å². The van der Waals surface area contributed by atoms with Crippen molar-refractivity contribution in [3.8, 4) is 11.5 Å². The lowest BCUT2D eigenvalue weighted by molar-refractivity contribution is 0.0450. The fourth-order valence-electron chi connectivity index (χ4n) is 2.83. The van der Waals surface area contributed by atoms with E-state index in [1.807, 2.05) is 0 Å². The molecule has 0 spiro atoms. The van der Waals surface area contributed by atoms with E-state index in [0.29, 0.717) is 22.8 Å². The molecule has 0 saturated heterocycles. The summed E-state index contributed by atoms with van der Waals surface area (Å²) in [4.78, 5) is 24.7. The van der Waals surface area contributed by atoms with E-state index in [0.717, 1.165) is 0 Å². The van der Waals surface area contributed by atoms with Crippen LogP contribution in [0.2, 0.25) is 0 Å². The lowest BCUT2D eigenvalue weighted by atomic mass is 9.98. The molecule has 25 heavy (non-hydrogen) atoms. The standard InChI is InChI=1S/C18H18O7/c1-9(19)4-11-6-14(20)13(8-24-11)17-16-12(18(21)25-17)5-10(22-2)7-15(16)23-3/h5-9,17,19H,4H2,1-3H3/t9-,17-/m0/s1. The molecule has 2 atom stereocenters. The van der Waals surface area contributed by atoms with Crippen molar-refractivity contribution in [2.45, 2.75) is 25.6 Å². The maximum Gasteiger partial charge on any atom is 0.339 e. The Hall–Kier alpha value is -2.80. The zero-order chi connectivity index (χ0) is 18.1. The number of ether oxygens (including phenoxy) is 3. The molecule has 0 aliphatic carbocycles. The molecule has 1 aromatic carbocycles. The van der Waals surface area contributed by atoms with E-state index >= 15 is 0 Å². The highest BCUT2D eigenvalue weighted by Crippen LogP contribution is 2.42. The molecule has 1 aliphatic rings. The van der Waals surface area contributed by atoms with Gasteiger partial charge in [0, 0.05) is 18.6 Å². The van der Waals surface area contributed by atoms with E-state index in [2.05, 4.69) is 0 Å². The van der Waals surface area contributed by atoms with Gasteiger partial charge in [-0.05, 0) is 13.0 Å². The Labute approximate surface area is 143 Å². The first kappa shape index (κ1) is 17.0. The van der Waals surface area contributed by atoms with Crippen LogP contribution in [0.5, 0.6) is 11.5 Å². The summed E-state index contributed by atoms with van der Waals surface area (Å²) in [6.07, 6.45) is -0.0693. The van der Waals surface area contributed by atoms with Crippen molar-refractivity contribution >= 4 is 5.97 Å². The van der Waals surface area contributed by atoms with Crippen LogP contribution in [0.4, 0.5) is 0 Å². The fourth-order valence-corrected chi connectivity index (χ4v) is 2.83. The zero-order valence-electron chi connectivity index (χ0n) is 14.1. The number of cyclic esters (lactones) is 1. The number of esters is 1. The number of hydrogen-bond acceptors (Lipinski definition) is 7. The normalized spacial score (nSPS) is 17.0. The van der Waals surface area contributed by atoms with Gasteiger partial charge >= 0.3 is 5.97 Å². The van der Waals surface area contributed by atoms with Crippen molar-refractivity contribution in [2.75, 3.05) is 14.2 Å². The van der Waals surface area contributed by atoms with E-state index in [4.69, 9.17) is 18.6 Å². The Morgan fingerprint density at radius 1 is 1.20 bits per heavy atom. The van der Waals surface area contributed by atoms with E-state index in [-0.39, 0.29) is 23.0 Å². The van der Waals surface area contributed by atoms with Crippen LogP contribution in [0.1, 0.15) is 40.3 Å². The number of fused-ring (bicyclic) bond motifs is 1. The molecule has 0 bridgehead atoms. The minimum Gasteiger partial charge on any atom is -0.497 e. The third kappa shape index (κ3) is 3.10. The summed E-state index contributed by atoms with van der Waals surface area (Å²) >= 11 is 0. The van der Waals surface area contributed by atoms with Gasteiger partial charge in [-0.15, -0.1) is 0 Å². The fraction of sp³-hybridized carbons (Fsp3) is 0.333. The minimum absolute atomic E-state index is 0.185. The van der Waals surface area contributed by atoms with Crippen molar-refractivity contribution in [3.05, 3.63) is 57.1 Å². The topological polar surface area (TPSA) is 95.2 Å². The molecule has 7 heteroatoms. The monoisotopic (exact) mass is 346 g/mol. The van der Waals surface area contributed by atoms with Gasteiger partial charge in [-0.3, -0.25) is 4.79 Å². The second kappa shape index (κ2) is 6.60. The lowest BCUT2D eigenvalue weighted by Gasteiger charge is -2.14. The lowest BCUT2D eigenvalue weighted by Crippen LogP contribution is -2.16. The second-order valence-electron chi connectivity index (χ2n) is 5.80. The number of rotatable bonds is 5. The van der Waals surface area contributed by atoms with Crippen LogP contribution in [-0.4, -0.2) is 31.4 Å². The minimum atomic E-state index is -0.916. The number of aliphatic hydroxyl groups excluding tert-OH is 1. The number of aliphatic hydroxyl groups is 1. The van der Waals surface area contributed by atoms with Crippen LogP contribution in [0.15, 0.2) is 33.7 Å². The predicted molar refractivity (Wildman–Crippen MR) is 87.2 cm³/mol. The summed E-state index contributed by atoms with van der Waals surface area (Å²) in [5, 5.41) is 9.40. The first-order valence-electron chi connectivity index (χ1n) is 7.71. The molecular weight excluding hydrogens is 328 g/mol. The molecule has 2 heterocycles. The van der Waals surface area contributed by atoms with Gasteiger partial charge in [-0.1, -0.05) is 0 Å². The van der Waals surface area contributed by atoms with Gasteiger partial charge in [0.15, 0.2) is 11.5 Å². The highest BCUT2D eigenvalue weighted by Gasteiger charge is 2.37. The maximum absolute atomic E-state index is 12.4. The average Bonchev–Trinajstić information content (AvgIpc) is 2.90. The van der Waals surface area contributed by atoms with Crippen LogP contribution in [0.3, 0.4) is 0 Å². The van der Waals surface area contributed by atoms with Gasteiger partial charge in [0.05, 0.1) is 37.0 Å². The molecule has 3 rings (SSSR count). The first-order chi connectivity index (χ1) is 11.9. The van der Waals surface area contributed by atoms with Crippen molar-refractivity contribution in [1.29, 1.82) is 0 Å². The summed E-state index contributed by atoms with van der Waals surface area (Å²) in [5.41, 5.74) is 0.591. The molecule has 7 nitrogen and oxygen atoms in total. The third-order valence-electron chi connectivity index (χ3n) is 3.97. The SMILES string of the molecule is COc1cc(OC)c2c(c1)C(=O)O[C@H]2c1coc(C[C@H](C)O)cc1=O.